The molecule has 0 aliphatic carbocycles. The van der Waals surface area contributed by atoms with Gasteiger partial charge in [0.05, 0.1) is 12.3 Å². The molecule has 1 unspecified atom stereocenters. The number of aliphatic hydroxyl groups is 1. The number of nitrogens with zero attached hydrogens (tertiary/aromatic N) is 2. The molecular formula is C14H23N3O2. The summed E-state index contributed by atoms with van der Waals surface area (Å²) < 4.78 is 5.56. The average Bonchev–Trinajstić information content (AvgIpc) is 2.87. The predicted octanol–water partition coefficient (Wildman–Crippen LogP) is 1.66. The van der Waals surface area contributed by atoms with E-state index in [1.165, 1.54) is 0 Å². The summed E-state index contributed by atoms with van der Waals surface area (Å²) in [6.45, 7) is 4.88. The molecule has 3 N–H and O–H groups in total. The summed E-state index contributed by atoms with van der Waals surface area (Å²) in [5.41, 5.74) is 6.45. The van der Waals surface area contributed by atoms with Gasteiger partial charge in [0.2, 0.25) is 5.88 Å². The first-order chi connectivity index (χ1) is 9.24. The van der Waals surface area contributed by atoms with Gasteiger partial charge >= 0.3 is 0 Å². The van der Waals surface area contributed by atoms with Gasteiger partial charge in [-0.15, -0.1) is 0 Å². The molecule has 1 saturated heterocycles. The molecule has 5 nitrogen and oxygen atoms in total. The maximum Gasteiger partial charge on any atom is 0.239 e. The van der Waals surface area contributed by atoms with Crippen LogP contribution in [0.3, 0.4) is 0 Å². The highest BCUT2D eigenvalue weighted by molar-refractivity contribution is 5.54. The number of ether oxygens (including phenoxy) is 1. The number of rotatable bonds is 6. The number of hydrogen-bond acceptors (Lipinski definition) is 5. The van der Waals surface area contributed by atoms with E-state index in [4.69, 9.17) is 15.6 Å². The lowest BCUT2D eigenvalue weighted by Crippen LogP contribution is -2.21. The summed E-state index contributed by atoms with van der Waals surface area (Å²) in [6, 6.07) is 3.79. The number of pyridine rings is 1. The minimum atomic E-state index is 0.262. The maximum absolute atomic E-state index is 8.99. The third-order valence-electron chi connectivity index (χ3n) is 3.47. The van der Waals surface area contributed by atoms with Gasteiger partial charge in [-0.05, 0) is 37.3 Å². The van der Waals surface area contributed by atoms with Gasteiger partial charge in [-0.3, -0.25) is 0 Å². The molecule has 1 aliphatic rings. The number of hydrogen-bond donors (Lipinski definition) is 2. The summed E-state index contributed by atoms with van der Waals surface area (Å²) >= 11 is 0. The van der Waals surface area contributed by atoms with Gasteiger partial charge < -0.3 is 20.5 Å². The Balaban J connectivity index is 2.04. The molecule has 0 saturated carbocycles. The number of nitrogen functional groups attached to an aromatic ring is 1. The number of nitrogens with two attached hydrogens (primary N) is 1. The van der Waals surface area contributed by atoms with Gasteiger partial charge in [-0.1, -0.05) is 6.92 Å². The van der Waals surface area contributed by atoms with Crippen molar-refractivity contribution in [1.29, 1.82) is 0 Å². The van der Waals surface area contributed by atoms with Gasteiger partial charge in [0.15, 0.2) is 0 Å². The van der Waals surface area contributed by atoms with E-state index in [1.807, 2.05) is 12.1 Å². The zero-order chi connectivity index (χ0) is 13.7. The van der Waals surface area contributed by atoms with Crippen molar-refractivity contribution < 1.29 is 9.84 Å². The van der Waals surface area contributed by atoms with E-state index in [0.29, 0.717) is 24.1 Å². The van der Waals surface area contributed by atoms with Crippen molar-refractivity contribution in [2.24, 2.45) is 5.92 Å². The normalized spacial score (nSPS) is 18.8. The second-order valence-electron chi connectivity index (χ2n) is 5.03. The molecule has 19 heavy (non-hydrogen) atoms. The van der Waals surface area contributed by atoms with Crippen LogP contribution in [-0.2, 0) is 0 Å². The Labute approximate surface area is 114 Å². The Morgan fingerprint density at radius 1 is 1.53 bits per heavy atom. The Bertz CT molecular complexity index is 412. The van der Waals surface area contributed by atoms with Crippen molar-refractivity contribution in [1.82, 2.24) is 4.98 Å². The maximum atomic E-state index is 8.99. The van der Waals surface area contributed by atoms with Crippen molar-refractivity contribution in [2.45, 2.75) is 26.2 Å². The molecule has 1 fully saturated rings. The molecule has 5 heteroatoms. The third-order valence-corrected chi connectivity index (χ3v) is 3.47. The molecule has 2 heterocycles. The number of anilines is 2. The lowest BCUT2D eigenvalue weighted by Gasteiger charge is -2.19. The van der Waals surface area contributed by atoms with E-state index in [2.05, 4.69) is 16.8 Å². The van der Waals surface area contributed by atoms with E-state index < -0.39 is 0 Å². The standard InChI is InChI=1S/C14H23N3O2/c1-2-9-19-14-12(15)3-4-13(16-14)17-7-5-11(10-17)6-8-18/h3-4,11,18H,2,5-10,15H2,1H3. The van der Waals surface area contributed by atoms with Crippen LogP contribution in [0.2, 0.25) is 0 Å². The molecule has 2 rings (SSSR count). The fourth-order valence-corrected chi connectivity index (χ4v) is 2.39. The van der Waals surface area contributed by atoms with Crippen LogP contribution in [-0.4, -0.2) is 36.4 Å². The fraction of sp³-hybridized carbons (Fsp3) is 0.643. The first-order valence-corrected chi connectivity index (χ1v) is 6.99. The quantitative estimate of drug-likeness (QED) is 0.818. The van der Waals surface area contributed by atoms with Crippen molar-refractivity contribution in [3.8, 4) is 5.88 Å². The first kappa shape index (κ1) is 13.9. The molecule has 106 valence electrons. The summed E-state index contributed by atoms with van der Waals surface area (Å²) in [6.07, 6.45) is 2.91. The summed E-state index contributed by atoms with van der Waals surface area (Å²) in [5, 5.41) is 8.99. The highest BCUT2D eigenvalue weighted by Crippen LogP contribution is 2.28. The van der Waals surface area contributed by atoms with E-state index >= 15 is 0 Å². The van der Waals surface area contributed by atoms with Crippen molar-refractivity contribution >= 4 is 11.5 Å². The van der Waals surface area contributed by atoms with Gasteiger partial charge in [-0.2, -0.15) is 4.98 Å². The van der Waals surface area contributed by atoms with Gasteiger partial charge in [0.1, 0.15) is 5.82 Å². The molecule has 0 radical (unpaired) electrons. The van der Waals surface area contributed by atoms with E-state index in [0.717, 1.165) is 38.2 Å². The van der Waals surface area contributed by atoms with Crippen LogP contribution in [0.15, 0.2) is 12.1 Å². The van der Waals surface area contributed by atoms with Crippen LogP contribution >= 0.6 is 0 Å². The van der Waals surface area contributed by atoms with Gasteiger partial charge in [0.25, 0.3) is 0 Å². The molecule has 0 amide bonds. The monoisotopic (exact) mass is 265 g/mol. The van der Waals surface area contributed by atoms with E-state index in [1.54, 1.807) is 0 Å². The van der Waals surface area contributed by atoms with Crippen LogP contribution in [0.5, 0.6) is 5.88 Å². The minimum Gasteiger partial charge on any atom is -0.476 e. The molecule has 0 aromatic carbocycles. The van der Waals surface area contributed by atoms with Crippen LogP contribution in [0.25, 0.3) is 0 Å². The number of aliphatic hydroxyl groups excluding tert-OH is 1. The third kappa shape index (κ3) is 3.50. The zero-order valence-electron chi connectivity index (χ0n) is 11.5. The average molecular weight is 265 g/mol. The SMILES string of the molecule is CCCOc1nc(N2CCC(CCO)C2)ccc1N. The molecule has 1 aliphatic heterocycles. The van der Waals surface area contributed by atoms with Crippen LogP contribution in [0.1, 0.15) is 26.2 Å². The van der Waals surface area contributed by atoms with Crippen molar-refractivity contribution in [3.63, 3.8) is 0 Å². The fourth-order valence-electron chi connectivity index (χ4n) is 2.39. The summed E-state index contributed by atoms with van der Waals surface area (Å²) in [7, 11) is 0. The Hall–Kier alpha value is -1.49. The van der Waals surface area contributed by atoms with E-state index in [9.17, 15) is 0 Å². The lowest BCUT2D eigenvalue weighted by molar-refractivity contribution is 0.263. The first-order valence-electron chi connectivity index (χ1n) is 6.99. The highest BCUT2D eigenvalue weighted by atomic mass is 16.5. The molecule has 1 aromatic heterocycles. The molecule has 0 bridgehead atoms. The minimum absolute atomic E-state index is 0.262. The summed E-state index contributed by atoms with van der Waals surface area (Å²) in [4.78, 5) is 6.74. The van der Waals surface area contributed by atoms with Gasteiger partial charge in [0, 0.05) is 19.7 Å². The smallest absolute Gasteiger partial charge is 0.239 e. The molecule has 1 aromatic rings. The van der Waals surface area contributed by atoms with Crippen molar-refractivity contribution in [2.75, 3.05) is 36.9 Å². The Morgan fingerprint density at radius 3 is 3.11 bits per heavy atom. The highest BCUT2D eigenvalue weighted by Gasteiger charge is 2.23. The van der Waals surface area contributed by atoms with Crippen LogP contribution in [0, 0.1) is 5.92 Å². The van der Waals surface area contributed by atoms with E-state index in [-0.39, 0.29) is 6.61 Å². The predicted molar refractivity (Wildman–Crippen MR) is 76.5 cm³/mol. The molecule has 0 spiro atoms. The van der Waals surface area contributed by atoms with Crippen LogP contribution < -0.4 is 15.4 Å². The topological polar surface area (TPSA) is 71.6 Å². The lowest BCUT2D eigenvalue weighted by atomic mass is 10.1. The Morgan fingerprint density at radius 2 is 2.37 bits per heavy atom. The Kier molecular flexibility index (Phi) is 4.85. The summed E-state index contributed by atoms with van der Waals surface area (Å²) in [5.74, 6) is 2.01. The second-order valence-corrected chi connectivity index (χ2v) is 5.03. The zero-order valence-corrected chi connectivity index (χ0v) is 11.5. The molecule has 1 atom stereocenters. The van der Waals surface area contributed by atoms with Gasteiger partial charge in [-0.25, -0.2) is 0 Å². The largest absolute Gasteiger partial charge is 0.476 e. The van der Waals surface area contributed by atoms with Crippen molar-refractivity contribution in [3.05, 3.63) is 12.1 Å². The van der Waals surface area contributed by atoms with Crippen LogP contribution in [0.4, 0.5) is 11.5 Å². The second kappa shape index (κ2) is 6.61. The molecular weight excluding hydrogens is 242 g/mol. The number of aromatic nitrogens is 1.